The SMILES string of the molecule is Cc1cc(C)cc(-c2sc(C)nc2C(=O)N2C[C@@H]3C[C@@H]3[C@H]2CNC(=O)c2cccc3c2CCO3)c1. The molecule has 0 unspecified atom stereocenters. The molecule has 3 heterocycles. The van der Waals surface area contributed by atoms with Gasteiger partial charge in [-0.15, -0.1) is 11.3 Å². The number of thiazole rings is 1. The fraction of sp³-hybridized carbons (Fsp3) is 0.393. The number of carbonyl (C=O) groups excluding carboxylic acids is 2. The fourth-order valence-corrected chi connectivity index (χ4v) is 6.70. The molecule has 6 rings (SSSR count). The number of hydrogen-bond donors (Lipinski definition) is 1. The zero-order chi connectivity index (χ0) is 24.3. The van der Waals surface area contributed by atoms with Gasteiger partial charge in [0.2, 0.25) is 0 Å². The number of ether oxygens (including phenoxy) is 1. The Morgan fingerprint density at radius 1 is 1.17 bits per heavy atom. The van der Waals surface area contributed by atoms with Gasteiger partial charge in [0, 0.05) is 30.6 Å². The highest BCUT2D eigenvalue weighted by atomic mass is 32.1. The third-order valence-electron chi connectivity index (χ3n) is 7.44. The number of aromatic nitrogens is 1. The van der Waals surface area contributed by atoms with Gasteiger partial charge < -0.3 is 15.0 Å². The minimum atomic E-state index is -0.0933. The summed E-state index contributed by atoms with van der Waals surface area (Å²) in [5.41, 5.74) is 5.58. The lowest BCUT2D eigenvalue weighted by Crippen LogP contribution is -2.45. The number of piperidine rings is 1. The van der Waals surface area contributed by atoms with E-state index in [9.17, 15) is 9.59 Å². The molecule has 2 aliphatic heterocycles. The molecule has 2 fully saturated rings. The Kier molecular flexibility index (Phi) is 5.40. The van der Waals surface area contributed by atoms with E-state index in [0.29, 0.717) is 36.2 Å². The summed E-state index contributed by atoms with van der Waals surface area (Å²) in [5, 5.41) is 4.01. The zero-order valence-corrected chi connectivity index (χ0v) is 21.1. The summed E-state index contributed by atoms with van der Waals surface area (Å²) in [4.78, 5) is 34.4. The van der Waals surface area contributed by atoms with Crippen molar-refractivity contribution in [1.82, 2.24) is 15.2 Å². The molecule has 2 amide bonds. The first-order valence-electron chi connectivity index (χ1n) is 12.3. The molecule has 35 heavy (non-hydrogen) atoms. The van der Waals surface area contributed by atoms with Crippen molar-refractivity contribution in [2.24, 2.45) is 11.8 Å². The monoisotopic (exact) mass is 487 g/mol. The van der Waals surface area contributed by atoms with Crippen LogP contribution in [0.25, 0.3) is 10.4 Å². The predicted octanol–water partition coefficient (Wildman–Crippen LogP) is 4.56. The molecule has 0 spiro atoms. The van der Waals surface area contributed by atoms with E-state index in [-0.39, 0.29) is 17.9 Å². The number of amides is 2. The molecule has 7 heteroatoms. The van der Waals surface area contributed by atoms with Crippen molar-refractivity contribution in [3.05, 3.63) is 69.4 Å². The van der Waals surface area contributed by atoms with E-state index in [1.807, 2.05) is 30.0 Å². The molecule has 180 valence electrons. The molecule has 3 aliphatic rings. The molecule has 3 atom stereocenters. The Morgan fingerprint density at radius 3 is 2.77 bits per heavy atom. The quantitative estimate of drug-likeness (QED) is 0.573. The van der Waals surface area contributed by atoms with Crippen LogP contribution >= 0.6 is 11.3 Å². The van der Waals surface area contributed by atoms with Crippen molar-refractivity contribution in [2.75, 3.05) is 19.7 Å². The Hall–Kier alpha value is -3.19. The molecule has 6 nitrogen and oxygen atoms in total. The molecular weight excluding hydrogens is 458 g/mol. The molecule has 0 bridgehead atoms. The van der Waals surface area contributed by atoms with Crippen molar-refractivity contribution >= 4 is 23.2 Å². The summed E-state index contributed by atoms with van der Waals surface area (Å²) in [5.74, 6) is 1.66. The molecule has 2 aromatic carbocycles. The van der Waals surface area contributed by atoms with Gasteiger partial charge >= 0.3 is 0 Å². The smallest absolute Gasteiger partial charge is 0.274 e. The molecule has 1 saturated carbocycles. The van der Waals surface area contributed by atoms with E-state index < -0.39 is 0 Å². The van der Waals surface area contributed by atoms with Crippen LogP contribution in [0.2, 0.25) is 0 Å². The van der Waals surface area contributed by atoms with Crippen LogP contribution in [-0.4, -0.2) is 47.4 Å². The second-order valence-electron chi connectivity index (χ2n) is 10.1. The highest BCUT2D eigenvalue weighted by molar-refractivity contribution is 7.15. The first kappa shape index (κ1) is 22.3. The predicted molar refractivity (Wildman–Crippen MR) is 136 cm³/mol. The fourth-order valence-electron chi connectivity index (χ4n) is 5.80. The van der Waals surface area contributed by atoms with Gasteiger partial charge in [-0.05, 0) is 56.7 Å². The van der Waals surface area contributed by atoms with E-state index in [0.717, 1.165) is 46.1 Å². The lowest BCUT2D eigenvalue weighted by Gasteiger charge is -2.27. The molecular formula is C28H29N3O3S. The summed E-state index contributed by atoms with van der Waals surface area (Å²) < 4.78 is 5.61. The van der Waals surface area contributed by atoms with Crippen LogP contribution in [-0.2, 0) is 6.42 Å². The number of benzene rings is 2. The Morgan fingerprint density at radius 2 is 1.97 bits per heavy atom. The summed E-state index contributed by atoms with van der Waals surface area (Å²) in [7, 11) is 0. The molecule has 1 N–H and O–H groups in total. The third kappa shape index (κ3) is 4.01. The molecule has 3 aromatic rings. The highest BCUT2D eigenvalue weighted by Crippen LogP contribution is 2.50. The second-order valence-corrected chi connectivity index (χ2v) is 11.3. The normalized spacial score (nSPS) is 21.9. The molecule has 0 radical (unpaired) electrons. The van der Waals surface area contributed by atoms with E-state index in [1.165, 1.54) is 11.1 Å². The van der Waals surface area contributed by atoms with Crippen LogP contribution in [0.3, 0.4) is 0 Å². The molecule has 1 saturated heterocycles. The molecule has 1 aliphatic carbocycles. The van der Waals surface area contributed by atoms with Gasteiger partial charge in [0.05, 0.1) is 22.5 Å². The first-order chi connectivity index (χ1) is 16.9. The second kappa shape index (κ2) is 8.48. The van der Waals surface area contributed by atoms with E-state index in [2.05, 4.69) is 42.3 Å². The van der Waals surface area contributed by atoms with Crippen molar-refractivity contribution in [2.45, 2.75) is 39.7 Å². The number of rotatable bonds is 5. The number of hydrogen-bond acceptors (Lipinski definition) is 5. The van der Waals surface area contributed by atoms with E-state index >= 15 is 0 Å². The van der Waals surface area contributed by atoms with E-state index in [4.69, 9.17) is 4.74 Å². The Labute approximate surface area is 209 Å². The summed E-state index contributed by atoms with van der Waals surface area (Å²) in [6, 6.07) is 12.0. The Balaban J connectivity index is 1.23. The van der Waals surface area contributed by atoms with Gasteiger partial charge in [-0.2, -0.15) is 0 Å². The summed E-state index contributed by atoms with van der Waals surface area (Å²) in [6.45, 7) is 7.92. The summed E-state index contributed by atoms with van der Waals surface area (Å²) in [6.07, 6.45) is 1.88. The van der Waals surface area contributed by atoms with Crippen LogP contribution in [0.1, 0.15) is 49.0 Å². The van der Waals surface area contributed by atoms with Gasteiger partial charge in [0.15, 0.2) is 0 Å². The largest absolute Gasteiger partial charge is 0.493 e. The van der Waals surface area contributed by atoms with Gasteiger partial charge in [-0.1, -0.05) is 35.4 Å². The number of aryl methyl sites for hydroxylation is 3. The first-order valence-corrected chi connectivity index (χ1v) is 13.1. The number of likely N-dealkylation sites (tertiary alicyclic amines) is 1. The minimum Gasteiger partial charge on any atom is -0.493 e. The van der Waals surface area contributed by atoms with Crippen molar-refractivity contribution in [3.8, 4) is 16.2 Å². The van der Waals surface area contributed by atoms with Crippen molar-refractivity contribution in [1.29, 1.82) is 0 Å². The Bertz CT molecular complexity index is 1330. The maximum atomic E-state index is 13.8. The highest BCUT2D eigenvalue weighted by Gasteiger charge is 2.54. The number of fused-ring (bicyclic) bond motifs is 2. The van der Waals surface area contributed by atoms with Crippen LogP contribution < -0.4 is 10.1 Å². The third-order valence-corrected chi connectivity index (χ3v) is 8.46. The number of nitrogens with zero attached hydrogens (tertiary/aromatic N) is 2. The summed E-state index contributed by atoms with van der Waals surface area (Å²) >= 11 is 1.57. The average molecular weight is 488 g/mol. The standard InChI is InChI=1S/C28H29N3O3S/c1-15-9-16(2)11-18(10-15)26-25(30-17(3)35-26)28(33)31-14-19-12-22(19)23(31)13-29-27(32)21-5-4-6-24-20(21)7-8-34-24/h4-6,9-11,19,22-23H,7-8,12-14H2,1-3H3,(H,29,32)/t19-,22-,23+/m0/s1. The number of carbonyl (C=O) groups is 2. The minimum absolute atomic E-state index is 0.00133. The van der Waals surface area contributed by atoms with Crippen molar-refractivity contribution < 1.29 is 14.3 Å². The zero-order valence-electron chi connectivity index (χ0n) is 20.3. The van der Waals surface area contributed by atoms with Crippen LogP contribution in [0.4, 0.5) is 0 Å². The lowest BCUT2D eigenvalue weighted by atomic mass is 10.0. The van der Waals surface area contributed by atoms with Gasteiger partial charge in [-0.25, -0.2) is 4.98 Å². The number of nitrogens with one attached hydrogen (secondary N) is 1. The van der Waals surface area contributed by atoms with Gasteiger partial charge in [0.25, 0.3) is 11.8 Å². The molecule has 1 aromatic heterocycles. The van der Waals surface area contributed by atoms with Crippen LogP contribution in [0, 0.1) is 32.6 Å². The van der Waals surface area contributed by atoms with Crippen molar-refractivity contribution in [3.63, 3.8) is 0 Å². The van der Waals surface area contributed by atoms with Gasteiger partial charge in [-0.3, -0.25) is 9.59 Å². The maximum absolute atomic E-state index is 13.8. The van der Waals surface area contributed by atoms with E-state index in [1.54, 1.807) is 11.3 Å². The van der Waals surface area contributed by atoms with Crippen LogP contribution in [0.5, 0.6) is 5.75 Å². The average Bonchev–Trinajstić information content (AvgIpc) is 3.15. The lowest BCUT2D eigenvalue weighted by molar-refractivity contribution is 0.0690. The van der Waals surface area contributed by atoms with Crippen LogP contribution in [0.15, 0.2) is 36.4 Å². The maximum Gasteiger partial charge on any atom is 0.274 e. The van der Waals surface area contributed by atoms with Gasteiger partial charge in [0.1, 0.15) is 11.4 Å². The topological polar surface area (TPSA) is 71.5 Å².